The molecular weight excluding hydrogens is 232 g/mol. The van der Waals surface area contributed by atoms with Crippen molar-refractivity contribution < 1.29 is 5.11 Å². The first-order valence-corrected chi connectivity index (χ1v) is 5.87. The summed E-state index contributed by atoms with van der Waals surface area (Å²) < 4.78 is 0. The Morgan fingerprint density at radius 1 is 1.24 bits per heavy atom. The third-order valence-corrected chi connectivity index (χ3v) is 3.29. The van der Waals surface area contributed by atoms with Gasteiger partial charge in [-0.3, -0.25) is 4.98 Å². The van der Waals surface area contributed by atoms with E-state index in [0.29, 0.717) is 5.56 Å². The van der Waals surface area contributed by atoms with Crippen LogP contribution in [0.2, 0.25) is 0 Å². The Morgan fingerprint density at radius 2 is 2.00 bits per heavy atom. The Bertz CT molecular complexity index is 546. The molecule has 0 atom stereocenters. The van der Waals surface area contributed by atoms with Crippen molar-refractivity contribution >= 4 is 11.8 Å². The smallest absolute Gasteiger partial charge is 0.100 e. The predicted octanol–water partition coefficient (Wildman–Crippen LogP) is 2.60. The Labute approximate surface area is 104 Å². The van der Waals surface area contributed by atoms with E-state index in [0.717, 1.165) is 15.4 Å². The molecule has 0 fully saturated rings. The average molecular weight is 242 g/mol. The van der Waals surface area contributed by atoms with Crippen LogP contribution >= 0.6 is 11.8 Å². The van der Waals surface area contributed by atoms with Gasteiger partial charge in [0.05, 0.1) is 12.2 Å². The van der Waals surface area contributed by atoms with Crippen LogP contribution in [0.3, 0.4) is 0 Å². The number of pyridine rings is 1. The monoisotopic (exact) mass is 242 g/mol. The van der Waals surface area contributed by atoms with Gasteiger partial charge in [0.25, 0.3) is 0 Å². The summed E-state index contributed by atoms with van der Waals surface area (Å²) in [6, 6.07) is 11.4. The SMILES string of the molecule is N#Cc1ccncc1Sc1ccc(CO)cc1. The summed E-state index contributed by atoms with van der Waals surface area (Å²) >= 11 is 1.49. The molecule has 0 aliphatic rings. The van der Waals surface area contributed by atoms with E-state index >= 15 is 0 Å². The molecule has 0 radical (unpaired) electrons. The first-order valence-electron chi connectivity index (χ1n) is 5.05. The highest BCUT2D eigenvalue weighted by atomic mass is 32.2. The molecule has 0 aliphatic carbocycles. The lowest BCUT2D eigenvalue weighted by atomic mass is 10.2. The fourth-order valence-corrected chi connectivity index (χ4v) is 2.21. The van der Waals surface area contributed by atoms with E-state index in [1.165, 1.54) is 11.8 Å². The van der Waals surface area contributed by atoms with Crippen LogP contribution in [-0.2, 0) is 6.61 Å². The van der Waals surface area contributed by atoms with Gasteiger partial charge < -0.3 is 5.11 Å². The van der Waals surface area contributed by atoms with Crippen LogP contribution < -0.4 is 0 Å². The van der Waals surface area contributed by atoms with E-state index < -0.39 is 0 Å². The molecule has 1 N–H and O–H groups in total. The summed E-state index contributed by atoms with van der Waals surface area (Å²) in [5, 5.41) is 17.9. The maximum Gasteiger partial charge on any atom is 0.100 e. The normalized spacial score (nSPS) is 9.88. The molecule has 2 rings (SSSR count). The van der Waals surface area contributed by atoms with Crippen molar-refractivity contribution in [3.8, 4) is 6.07 Å². The first-order chi connectivity index (χ1) is 8.33. The van der Waals surface area contributed by atoms with E-state index in [-0.39, 0.29) is 6.61 Å². The van der Waals surface area contributed by atoms with Gasteiger partial charge in [-0.2, -0.15) is 5.26 Å². The molecule has 0 bridgehead atoms. The van der Waals surface area contributed by atoms with Gasteiger partial charge in [-0.05, 0) is 23.8 Å². The van der Waals surface area contributed by atoms with Gasteiger partial charge in [0.2, 0.25) is 0 Å². The second-order valence-electron chi connectivity index (χ2n) is 3.39. The van der Waals surface area contributed by atoms with Gasteiger partial charge in [-0.15, -0.1) is 0 Å². The molecule has 84 valence electrons. The summed E-state index contributed by atoms with van der Waals surface area (Å²) in [7, 11) is 0. The number of aliphatic hydroxyl groups excluding tert-OH is 1. The van der Waals surface area contributed by atoms with Gasteiger partial charge in [-0.1, -0.05) is 23.9 Å². The summed E-state index contributed by atoms with van der Waals surface area (Å²) in [4.78, 5) is 5.87. The molecule has 0 spiro atoms. The molecule has 0 saturated heterocycles. The number of hydrogen-bond acceptors (Lipinski definition) is 4. The minimum atomic E-state index is 0.0429. The largest absolute Gasteiger partial charge is 0.392 e. The molecule has 1 aromatic carbocycles. The van der Waals surface area contributed by atoms with Crippen molar-refractivity contribution in [2.24, 2.45) is 0 Å². The lowest BCUT2D eigenvalue weighted by Crippen LogP contribution is -1.84. The van der Waals surface area contributed by atoms with Crippen LogP contribution in [0.1, 0.15) is 11.1 Å². The zero-order chi connectivity index (χ0) is 12.1. The Kier molecular flexibility index (Phi) is 3.76. The van der Waals surface area contributed by atoms with Crippen LogP contribution in [0, 0.1) is 11.3 Å². The molecule has 1 aromatic heterocycles. The van der Waals surface area contributed by atoms with Crippen LogP contribution in [0.5, 0.6) is 0 Å². The molecule has 2 aromatic rings. The summed E-state index contributed by atoms with van der Waals surface area (Å²) in [6.45, 7) is 0.0429. The molecule has 1 heterocycles. The number of benzene rings is 1. The predicted molar refractivity (Wildman–Crippen MR) is 65.4 cm³/mol. The minimum absolute atomic E-state index is 0.0429. The summed E-state index contributed by atoms with van der Waals surface area (Å²) in [5.74, 6) is 0. The summed E-state index contributed by atoms with van der Waals surface area (Å²) in [5.41, 5.74) is 1.50. The number of aromatic nitrogens is 1. The van der Waals surface area contributed by atoms with Crippen molar-refractivity contribution in [2.45, 2.75) is 16.4 Å². The quantitative estimate of drug-likeness (QED) is 0.898. The highest BCUT2D eigenvalue weighted by Crippen LogP contribution is 2.29. The minimum Gasteiger partial charge on any atom is -0.392 e. The molecule has 0 unspecified atom stereocenters. The van der Waals surface area contributed by atoms with Crippen molar-refractivity contribution in [1.29, 1.82) is 5.26 Å². The van der Waals surface area contributed by atoms with E-state index in [4.69, 9.17) is 10.4 Å². The molecule has 0 saturated carbocycles. The Morgan fingerprint density at radius 3 is 2.65 bits per heavy atom. The van der Waals surface area contributed by atoms with Crippen LogP contribution in [0.15, 0.2) is 52.5 Å². The number of nitrogens with zero attached hydrogens (tertiary/aromatic N) is 2. The van der Waals surface area contributed by atoms with Crippen LogP contribution in [0.4, 0.5) is 0 Å². The summed E-state index contributed by atoms with van der Waals surface area (Å²) in [6.07, 6.45) is 3.29. The Balaban J connectivity index is 2.23. The Hall–Kier alpha value is -1.83. The van der Waals surface area contributed by atoms with Gasteiger partial charge in [-0.25, -0.2) is 0 Å². The third kappa shape index (κ3) is 2.84. The lowest BCUT2D eigenvalue weighted by Gasteiger charge is -2.03. The number of hydrogen-bond donors (Lipinski definition) is 1. The average Bonchev–Trinajstić information content (AvgIpc) is 2.40. The molecule has 4 heteroatoms. The second kappa shape index (κ2) is 5.48. The van der Waals surface area contributed by atoms with Crippen LogP contribution in [-0.4, -0.2) is 10.1 Å². The molecule has 0 amide bonds. The maximum atomic E-state index is 8.95. The van der Waals surface area contributed by atoms with Crippen molar-refractivity contribution in [3.63, 3.8) is 0 Å². The standard InChI is InChI=1S/C13H10N2OS/c14-7-11-5-6-15-8-13(11)17-12-3-1-10(9-16)2-4-12/h1-6,8,16H,9H2. The number of aliphatic hydroxyl groups is 1. The highest BCUT2D eigenvalue weighted by Gasteiger charge is 2.03. The molecule has 17 heavy (non-hydrogen) atoms. The highest BCUT2D eigenvalue weighted by molar-refractivity contribution is 7.99. The lowest BCUT2D eigenvalue weighted by molar-refractivity contribution is 0.282. The topological polar surface area (TPSA) is 56.9 Å². The number of nitriles is 1. The molecule has 3 nitrogen and oxygen atoms in total. The van der Waals surface area contributed by atoms with Gasteiger partial charge in [0, 0.05) is 22.2 Å². The van der Waals surface area contributed by atoms with E-state index in [1.54, 1.807) is 18.5 Å². The fourth-order valence-electron chi connectivity index (χ4n) is 1.34. The van der Waals surface area contributed by atoms with Gasteiger partial charge in [0.15, 0.2) is 0 Å². The van der Waals surface area contributed by atoms with Crippen molar-refractivity contribution in [3.05, 3.63) is 53.9 Å². The fraction of sp³-hybridized carbons (Fsp3) is 0.0769. The zero-order valence-corrected chi connectivity index (χ0v) is 9.81. The van der Waals surface area contributed by atoms with Crippen LogP contribution in [0.25, 0.3) is 0 Å². The van der Waals surface area contributed by atoms with Gasteiger partial charge >= 0.3 is 0 Å². The van der Waals surface area contributed by atoms with E-state index in [9.17, 15) is 0 Å². The van der Waals surface area contributed by atoms with Crippen molar-refractivity contribution in [2.75, 3.05) is 0 Å². The van der Waals surface area contributed by atoms with Crippen molar-refractivity contribution in [1.82, 2.24) is 4.98 Å². The first kappa shape index (κ1) is 11.6. The third-order valence-electron chi connectivity index (χ3n) is 2.24. The number of rotatable bonds is 3. The molecule has 0 aliphatic heterocycles. The van der Waals surface area contributed by atoms with E-state index in [1.807, 2.05) is 24.3 Å². The van der Waals surface area contributed by atoms with Gasteiger partial charge in [0.1, 0.15) is 6.07 Å². The van der Waals surface area contributed by atoms with E-state index in [2.05, 4.69) is 11.1 Å². The maximum absolute atomic E-state index is 8.95. The second-order valence-corrected chi connectivity index (χ2v) is 4.50. The molecular formula is C13H10N2OS. The zero-order valence-electron chi connectivity index (χ0n) is 9.00.